The molecule has 0 aromatic rings. The first kappa shape index (κ1) is 11.9. The van der Waals surface area contributed by atoms with Gasteiger partial charge in [-0.15, -0.1) is 0 Å². The van der Waals surface area contributed by atoms with E-state index < -0.39 is 0 Å². The molecule has 98 valence electrons. The van der Waals surface area contributed by atoms with E-state index in [9.17, 15) is 0 Å². The smallest absolute Gasteiger partial charge is 0.0236 e. The molecule has 3 heterocycles. The second-order valence-electron chi connectivity index (χ2n) is 6.45. The van der Waals surface area contributed by atoms with Gasteiger partial charge in [0.2, 0.25) is 0 Å². The van der Waals surface area contributed by atoms with Gasteiger partial charge in [0.05, 0.1) is 0 Å². The van der Waals surface area contributed by atoms with Gasteiger partial charge in [0.1, 0.15) is 0 Å². The Hall–Kier alpha value is -0.120. The van der Waals surface area contributed by atoms with Gasteiger partial charge in [-0.05, 0) is 45.6 Å². The number of fused-ring (bicyclic) bond motifs is 1. The summed E-state index contributed by atoms with van der Waals surface area (Å²) in [4.78, 5) is 5.41. The van der Waals surface area contributed by atoms with E-state index in [1.807, 2.05) is 0 Å². The molecule has 3 rings (SSSR count). The Kier molecular flexibility index (Phi) is 3.42. The summed E-state index contributed by atoms with van der Waals surface area (Å²) in [5.41, 5.74) is 0. The van der Waals surface area contributed by atoms with Crippen LogP contribution < -0.4 is 5.32 Å². The van der Waals surface area contributed by atoms with Gasteiger partial charge in [-0.1, -0.05) is 0 Å². The van der Waals surface area contributed by atoms with Crippen molar-refractivity contribution in [1.82, 2.24) is 15.1 Å². The predicted molar refractivity (Wildman–Crippen MR) is 71.2 cm³/mol. The maximum Gasteiger partial charge on any atom is 0.0236 e. The average Bonchev–Trinajstić information content (AvgIpc) is 2.95. The molecule has 3 aliphatic heterocycles. The van der Waals surface area contributed by atoms with Gasteiger partial charge in [-0.25, -0.2) is 0 Å². The molecule has 3 aliphatic rings. The van der Waals surface area contributed by atoms with Crippen LogP contribution in [0, 0.1) is 5.92 Å². The van der Waals surface area contributed by atoms with E-state index in [2.05, 4.69) is 29.0 Å². The van der Waals surface area contributed by atoms with Crippen LogP contribution in [0.2, 0.25) is 0 Å². The van der Waals surface area contributed by atoms with Crippen molar-refractivity contribution < 1.29 is 0 Å². The Morgan fingerprint density at radius 2 is 2.00 bits per heavy atom. The van der Waals surface area contributed by atoms with E-state index >= 15 is 0 Å². The molecule has 0 saturated carbocycles. The molecule has 0 aliphatic carbocycles. The Balaban J connectivity index is 1.56. The fourth-order valence-electron chi connectivity index (χ4n) is 3.91. The fraction of sp³-hybridized carbons (Fsp3) is 1.00. The number of hydrogen-bond donors (Lipinski definition) is 1. The third kappa shape index (κ3) is 2.38. The molecule has 0 radical (unpaired) electrons. The first-order chi connectivity index (χ1) is 8.24. The standard InChI is InChI=1S/C14H27N3/c1-11(2)16-7-5-13(9-16)17-8-12-4-3-6-15-14(12)10-17/h11-15H,3-10H2,1-2H3/t12-,13?,14+/m0/s1. The largest absolute Gasteiger partial charge is 0.312 e. The highest BCUT2D eigenvalue weighted by Gasteiger charge is 2.39. The van der Waals surface area contributed by atoms with E-state index in [1.165, 1.54) is 52.0 Å². The second kappa shape index (κ2) is 4.87. The molecule has 1 unspecified atom stereocenters. The highest BCUT2D eigenvalue weighted by Crippen LogP contribution is 2.29. The van der Waals surface area contributed by atoms with Crippen LogP contribution in [0.3, 0.4) is 0 Å². The number of nitrogens with one attached hydrogen (secondary N) is 1. The van der Waals surface area contributed by atoms with Crippen molar-refractivity contribution in [3.8, 4) is 0 Å². The molecule has 3 saturated heterocycles. The molecular formula is C14H27N3. The van der Waals surface area contributed by atoms with Crippen LogP contribution in [0.4, 0.5) is 0 Å². The van der Waals surface area contributed by atoms with Crippen LogP contribution in [-0.4, -0.2) is 60.6 Å². The zero-order valence-electron chi connectivity index (χ0n) is 11.4. The minimum atomic E-state index is 0.725. The van der Waals surface area contributed by atoms with Gasteiger partial charge >= 0.3 is 0 Å². The monoisotopic (exact) mass is 237 g/mol. The molecule has 1 N–H and O–H groups in total. The third-order valence-corrected chi connectivity index (χ3v) is 5.07. The van der Waals surface area contributed by atoms with Crippen molar-refractivity contribution in [2.75, 3.05) is 32.7 Å². The van der Waals surface area contributed by atoms with Crippen LogP contribution in [0.15, 0.2) is 0 Å². The van der Waals surface area contributed by atoms with Crippen LogP contribution in [0.1, 0.15) is 33.1 Å². The van der Waals surface area contributed by atoms with E-state index in [4.69, 9.17) is 0 Å². The van der Waals surface area contributed by atoms with Gasteiger partial charge in [0, 0.05) is 44.3 Å². The van der Waals surface area contributed by atoms with Gasteiger partial charge < -0.3 is 5.32 Å². The molecule has 0 bridgehead atoms. The maximum atomic E-state index is 3.71. The van der Waals surface area contributed by atoms with Gasteiger partial charge in [0.15, 0.2) is 0 Å². The van der Waals surface area contributed by atoms with Crippen molar-refractivity contribution in [3.05, 3.63) is 0 Å². The van der Waals surface area contributed by atoms with Crippen LogP contribution in [0.25, 0.3) is 0 Å². The van der Waals surface area contributed by atoms with E-state index in [0.717, 1.165) is 24.0 Å². The van der Waals surface area contributed by atoms with Gasteiger partial charge in [-0.2, -0.15) is 0 Å². The molecule has 0 aromatic carbocycles. The van der Waals surface area contributed by atoms with Crippen LogP contribution >= 0.6 is 0 Å². The summed E-state index contributed by atoms with van der Waals surface area (Å²) in [6.07, 6.45) is 4.23. The minimum absolute atomic E-state index is 0.725. The number of piperidine rings is 1. The van der Waals surface area contributed by atoms with Gasteiger partial charge in [-0.3, -0.25) is 9.80 Å². The molecule has 0 amide bonds. The maximum absolute atomic E-state index is 3.71. The van der Waals surface area contributed by atoms with E-state index in [1.54, 1.807) is 0 Å². The first-order valence-corrected chi connectivity index (χ1v) is 7.45. The highest BCUT2D eigenvalue weighted by molar-refractivity contribution is 4.96. The molecule has 0 aromatic heterocycles. The fourth-order valence-corrected chi connectivity index (χ4v) is 3.91. The zero-order valence-corrected chi connectivity index (χ0v) is 11.4. The summed E-state index contributed by atoms with van der Waals surface area (Å²) in [6, 6.07) is 2.37. The summed E-state index contributed by atoms with van der Waals surface area (Å²) in [5, 5.41) is 3.71. The number of rotatable bonds is 2. The quantitative estimate of drug-likeness (QED) is 0.777. The molecule has 3 heteroatoms. The summed E-state index contributed by atoms with van der Waals surface area (Å²) < 4.78 is 0. The lowest BCUT2D eigenvalue weighted by molar-refractivity contribution is 0.208. The third-order valence-electron chi connectivity index (χ3n) is 5.07. The Bertz CT molecular complexity index is 252. The zero-order chi connectivity index (χ0) is 11.8. The summed E-state index contributed by atoms with van der Waals surface area (Å²) in [6.45, 7) is 11.2. The SMILES string of the molecule is CC(C)N1CCC(N2C[C@@H]3CCCN[C@@H]3C2)C1. The Morgan fingerprint density at radius 1 is 1.12 bits per heavy atom. The molecule has 3 fully saturated rings. The second-order valence-corrected chi connectivity index (χ2v) is 6.45. The predicted octanol–water partition coefficient (Wildman–Crippen LogP) is 1.15. The van der Waals surface area contributed by atoms with Crippen molar-refractivity contribution in [2.45, 2.75) is 51.2 Å². The van der Waals surface area contributed by atoms with Gasteiger partial charge in [0.25, 0.3) is 0 Å². The normalized spacial score (nSPS) is 40.1. The topological polar surface area (TPSA) is 18.5 Å². The highest BCUT2D eigenvalue weighted by atomic mass is 15.3. The van der Waals surface area contributed by atoms with Crippen molar-refractivity contribution in [3.63, 3.8) is 0 Å². The van der Waals surface area contributed by atoms with E-state index in [0.29, 0.717) is 0 Å². The minimum Gasteiger partial charge on any atom is -0.312 e. The van der Waals surface area contributed by atoms with E-state index in [-0.39, 0.29) is 0 Å². The number of nitrogens with zero attached hydrogens (tertiary/aromatic N) is 2. The first-order valence-electron chi connectivity index (χ1n) is 7.45. The van der Waals surface area contributed by atoms with Crippen molar-refractivity contribution >= 4 is 0 Å². The van der Waals surface area contributed by atoms with Crippen LogP contribution in [0.5, 0.6) is 0 Å². The number of hydrogen-bond acceptors (Lipinski definition) is 3. The molecule has 3 atom stereocenters. The summed E-state index contributed by atoms with van der Waals surface area (Å²) in [7, 11) is 0. The molecule has 3 nitrogen and oxygen atoms in total. The lowest BCUT2D eigenvalue weighted by Crippen LogP contribution is -2.42. The Morgan fingerprint density at radius 3 is 2.71 bits per heavy atom. The average molecular weight is 237 g/mol. The van der Waals surface area contributed by atoms with Crippen molar-refractivity contribution in [2.24, 2.45) is 5.92 Å². The molecule has 0 spiro atoms. The van der Waals surface area contributed by atoms with Crippen molar-refractivity contribution in [1.29, 1.82) is 0 Å². The molecular weight excluding hydrogens is 210 g/mol. The molecule has 17 heavy (non-hydrogen) atoms. The lowest BCUT2D eigenvalue weighted by atomic mass is 9.94. The number of likely N-dealkylation sites (tertiary alicyclic amines) is 2. The summed E-state index contributed by atoms with van der Waals surface area (Å²) in [5.74, 6) is 0.942. The Labute approximate surface area is 106 Å². The lowest BCUT2D eigenvalue weighted by Gasteiger charge is -2.25. The van der Waals surface area contributed by atoms with Crippen LogP contribution in [-0.2, 0) is 0 Å². The summed E-state index contributed by atoms with van der Waals surface area (Å²) >= 11 is 0.